The first-order valence-electron chi connectivity index (χ1n) is 4.13. The van der Waals surface area contributed by atoms with Gasteiger partial charge in [-0.15, -0.1) is 0 Å². The zero-order valence-corrected chi connectivity index (χ0v) is 7.46. The van der Waals surface area contributed by atoms with Crippen LogP contribution in [0.4, 0.5) is 0 Å². The van der Waals surface area contributed by atoms with E-state index in [4.69, 9.17) is 0 Å². The third-order valence-electron chi connectivity index (χ3n) is 1.95. The van der Waals surface area contributed by atoms with Crippen LogP contribution >= 0.6 is 0 Å². The van der Waals surface area contributed by atoms with E-state index >= 15 is 0 Å². The number of hydrogen-bond acceptors (Lipinski definition) is 1. The van der Waals surface area contributed by atoms with Crippen LogP contribution in [0.25, 0.3) is 0 Å². The Kier molecular flexibility index (Phi) is 2.69. The summed E-state index contributed by atoms with van der Waals surface area (Å²) in [5, 5.41) is 4.26. The van der Waals surface area contributed by atoms with Crippen molar-refractivity contribution in [1.82, 2.24) is 9.78 Å². The third kappa shape index (κ3) is 2.37. The van der Waals surface area contributed by atoms with Gasteiger partial charge in [-0.3, -0.25) is 4.68 Å². The molecular weight excluding hydrogens is 136 g/mol. The number of aryl methyl sites for hydroxylation is 1. The molecule has 0 aliphatic carbocycles. The molecule has 11 heavy (non-hydrogen) atoms. The normalized spacial score (nSPS) is 13.4. The molecule has 0 saturated heterocycles. The molecule has 0 bridgehead atoms. The predicted octanol–water partition coefficient (Wildman–Crippen LogP) is 1.81. The molecule has 1 aromatic rings. The van der Waals surface area contributed by atoms with Gasteiger partial charge in [-0.2, -0.15) is 5.10 Å². The molecule has 2 nitrogen and oxygen atoms in total. The summed E-state index contributed by atoms with van der Waals surface area (Å²) < 4.78 is 1.73. The summed E-state index contributed by atoms with van der Waals surface area (Å²) in [4.78, 5) is 0. The molecule has 1 unspecified atom stereocenters. The first-order valence-corrected chi connectivity index (χ1v) is 4.13. The van der Waals surface area contributed by atoms with Gasteiger partial charge < -0.3 is 0 Å². The molecule has 0 amide bonds. The SMILES string of the molecule is CCC(C)Cc1c[c]n(C)n1. The van der Waals surface area contributed by atoms with Crippen molar-refractivity contribution in [3.8, 4) is 0 Å². The fraction of sp³-hybridized carbons (Fsp3) is 0.667. The molecule has 0 fully saturated rings. The lowest BCUT2D eigenvalue weighted by Gasteiger charge is -2.03. The summed E-state index contributed by atoms with van der Waals surface area (Å²) in [6, 6.07) is 1.96. The molecule has 1 heterocycles. The Morgan fingerprint density at radius 3 is 2.91 bits per heavy atom. The first-order chi connectivity index (χ1) is 5.22. The predicted molar refractivity (Wildman–Crippen MR) is 45.2 cm³/mol. The highest BCUT2D eigenvalue weighted by molar-refractivity contribution is 4.98. The van der Waals surface area contributed by atoms with Crippen LogP contribution in [0.5, 0.6) is 0 Å². The number of aromatic nitrogens is 2. The van der Waals surface area contributed by atoms with Gasteiger partial charge in [0.2, 0.25) is 0 Å². The van der Waals surface area contributed by atoms with E-state index in [0.717, 1.165) is 18.0 Å². The molecule has 1 aromatic heterocycles. The fourth-order valence-electron chi connectivity index (χ4n) is 1.02. The van der Waals surface area contributed by atoms with Crippen molar-refractivity contribution >= 4 is 0 Å². The zero-order chi connectivity index (χ0) is 8.27. The molecule has 0 N–H and O–H groups in total. The summed E-state index contributed by atoms with van der Waals surface area (Å²) in [7, 11) is 1.90. The summed E-state index contributed by atoms with van der Waals surface area (Å²) in [5.41, 5.74) is 1.15. The van der Waals surface area contributed by atoms with Crippen LogP contribution in [0, 0.1) is 12.1 Å². The quantitative estimate of drug-likeness (QED) is 0.644. The molecule has 0 spiro atoms. The van der Waals surface area contributed by atoms with E-state index in [2.05, 4.69) is 25.1 Å². The highest BCUT2D eigenvalue weighted by Crippen LogP contribution is 2.08. The van der Waals surface area contributed by atoms with Crippen LogP contribution in [0.2, 0.25) is 0 Å². The van der Waals surface area contributed by atoms with Crippen LogP contribution in [0.3, 0.4) is 0 Å². The number of rotatable bonds is 3. The minimum atomic E-state index is 0.735. The monoisotopic (exact) mass is 151 g/mol. The van der Waals surface area contributed by atoms with Crippen LogP contribution < -0.4 is 0 Å². The Hall–Kier alpha value is -0.790. The van der Waals surface area contributed by atoms with Gasteiger partial charge in [0.25, 0.3) is 0 Å². The van der Waals surface area contributed by atoms with Gasteiger partial charge in [0.1, 0.15) is 0 Å². The Morgan fingerprint density at radius 1 is 1.73 bits per heavy atom. The van der Waals surface area contributed by atoms with E-state index in [9.17, 15) is 0 Å². The van der Waals surface area contributed by atoms with Gasteiger partial charge in [-0.25, -0.2) is 0 Å². The summed E-state index contributed by atoms with van der Waals surface area (Å²) in [5.74, 6) is 0.735. The highest BCUT2D eigenvalue weighted by atomic mass is 15.2. The summed E-state index contributed by atoms with van der Waals surface area (Å²) in [6.45, 7) is 4.45. The van der Waals surface area contributed by atoms with Crippen molar-refractivity contribution in [2.75, 3.05) is 0 Å². The summed E-state index contributed by atoms with van der Waals surface area (Å²) >= 11 is 0. The molecule has 61 valence electrons. The number of hydrogen-bond donors (Lipinski definition) is 0. The minimum absolute atomic E-state index is 0.735. The number of nitrogens with zero attached hydrogens (tertiary/aromatic N) is 2. The van der Waals surface area contributed by atoms with Crippen LogP contribution in [0.15, 0.2) is 6.07 Å². The Labute approximate surface area is 68.2 Å². The molecular formula is C9H15N2. The second-order valence-electron chi connectivity index (χ2n) is 3.11. The maximum atomic E-state index is 4.26. The van der Waals surface area contributed by atoms with Crippen molar-refractivity contribution in [3.05, 3.63) is 18.0 Å². The second kappa shape index (κ2) is 3.56. The molecule has 1 atom stereocenters. The average molecular weight is 151 g/mol. The van der Waals surface area contributed by atoms with Crippen molar-refractivity contribution in [3.63, 3.8) is 0 Å². The van der Waals surface area contributed by atoms with Gasteiger partial charge in [0, 0.05) is 7.05 Å². The lowest BCUT2D eigenvalue weighted by Crippen LogP contribution is -1.99. The fourth-order valence-corrected chi connectivity index (χ4v) is 1.02. The largest absolute Gasteiger partial charge is 0.266 e. The maximum absolute atomic E-state index is 4.26. The molecule has 1 rings (SSSR count). The Morgan fingerprint density at radius 2 is 2.45 bits per heavy atom. The summed E-state index contributed by atoms with van der Waals surface area (Å²) in [6.07, 6.45) is 5.30. The van der Waals surface area contributed by atoms with Gasteiger partial charge in [-0.05, 0) is 18.4 Å². The van der Waals surface area contributed by atoms with E-state index in [1.165, 1.54) is 6.42 Å². The maximum Gasteiger partial charge on any atom is 0.0862 e. The van der Waals surface area contributed by atoms with Gasteiger partial charge in [0.15, 0.2) is 0 Å². The molecule has 0 aliphatic rings. The van der Waals surface area contributed by atoms with Gasteiger partial charge in [-0.1, -0.05) is 20.3 Å². The van der Waals surface area contributed by atoms with Crippen molar-refractivity contribution < 1.29 is 0 Å². The Balaban J connectivity index is 2.50. The second-order valence-corrected chi connectivity index (χ2v) is 3.11. The lowest BCUT2D eigenvalue weighted by atomic mass is 10.0. The standard InChI is InChI=1S/C9H15N2/c1-4-8(2)7-9-5-6-11(3)10-9/h5,8H,4,7H2,1-3H3. The van der Waals surface area contributed by atoms with E-state index in [1.54, 1.807) is 4.68 Å². The average Bonchev–Trinajstić information content (AvgIpc) is 2.35. The van der Waals surface area contributed by atoms with Gasteiger partial charge >= 0.3 is 0 Å². The van der Waals surface area contributed by atoms with E-state index in [0.29, 0.717) is 0 Å². The van der Waals surface area contributed by atoms with E-state index in [-0.39, 0.29) is 0 Å². The first kappa shape index (κ1) is 8.31. The molecule has 0 aromatic carbocycles. The minimum Gasteiger partial charge on any atom is -0.266 e. The van der Waals surface area contributed by atoms with Crippen molar-refractivity contribution in [1.29, 1.82) is 0 Å². The van der Waals surface area contributed by atoms with Crippen molar-refractivity contribution in [2.24, 2.45) is 13.0 Å². The Bertz CT molecular complexity index is 215. The third-order valence-corrected chi connectivity index (χ3v) is 1.95. The van der Waals surface area contributed by atoms with Crippen LogP contribution in [-0.2, 0) is 13.5 Å². The smallest absolute Gasteiger partial charge is 0.0862 e. The molecule has 0 saturated carbocycles. The molecule has 2 heteroatoms. The van der Waals surface area contributed by atoms with Gasteiger partial charge in [0.05, 0.1) is 11.9 Å². The van der Waals surface area contributed by atoms with E-state index in [1.807, 2.05) is 13.1 Å². The molecule has 0 aliphatic heterocycles. The van der Waals surface area contributed by atoms with Crippen LogP contribution in [-0.4, -0.2) is 9.78 Å². The van der Waals surface area contributed by atoms with Crippen molar-refractivity contribution in [2.45, 2.75) is 26.7 Å². The van der Waals surface area contributed by atoms with E-state index < -0.39 is 0 Å². The highest BCUT2D eigenvalue weighted by Gasteiger charge is 2.02. The molecule has 1 radical (unpaired) electrons. The zero-order valence-electron chi connectivity index (χ0n) is 7.46. The topological polar surface area (TPSA) is 17.8 Å². The van der Waals surface area contributed by atoms with Crippen LogP contribution in [0.1, 0.15) is 26.0 Å². The lowest BCUT2D eigenvalue weighted by molar-refractivity contribution is 0.546.